The number of carbonyl (C=O) groups is 1. The first-order valence-corrected chi connectivity index (χ1v) is 11.7. The number of aromatic nitrogens is 4. The molecule has 3 N–H and O–H groups in total. The summed E-state index contributed by atoms with van der Waals surface area (Å²) in [5.74, 6) is -0.936. The molecular weight excluding hydrogens is 499 g/mol. The largest absolute Gasteiger partial charge is 0.573 e. The van der Waals surface area contributed by atoms with Crippen LogP contribution in [0.3, 0.4) is 0 Å². The maximum atomic E-state index is 13.0. The van der Waals surface area contributed by atoms with Gasteiger partial charge in [0.15, 0.2) is 11.6 Å². The molecule has 1 spiro atoms. The summed E-state index contributed by atoms with van der Waals surface area (Å²) in [6, 6.07) is 4.31. The molecule has 36 heavy (non-hydrogen) atoms. The zero-order valence-corrected chi connectivity index (χ0v) is 20.0. The first kappa shape index (κ1) is 24.2. The lowest BCUT2D eigenvalue weighted by Gasteiger charge is -2.25. The molecule has 3 aromatic rings. The van der Waals surface area contributed by atoms with E-state index in [4.69, 9.17) is 17.3 Å². The van der Waals surface area contributed by atoms with Gasteiger partial charge in [-0.15, -0.1) is 13.2 Å². The summed E-state index contributed by atoms with van der Waals surface area (Å²) < 4.78 is 44.0. The van der Waals surface area contributed by atoms with Crippen molar-refractivity contribution in [1.29, 1.82) is 0 Å². The summed E-state index contributed by atoms with van der Waals surface area (Å²) in [5.41, 5.74) is 7.81. The third kappa shape index (κ3) is 4.52. The Kier molecular flexibility index (Phi) is 5.93. The van der Waals surface area contributed by atoms with Crippen LogP contribution in [0.1, 0.15) is 37.1 Å². The highest BCUT2D eigenvalue weighted by Crippen LogP contribution is 2.44. The van der Waals surface area contributed by atoms with E-state index >= 15 is 0 Å². The van der Waals surface area contributed by atoms with Gasteiger partial charge >= 0.3 is 12.4 Å². The number of carbonyl (C=O) groups excluding carboxylic acids is 1. The number of nitrogens with zero attached hydrogens (tertiary/aromatic N) is 5. The van der Waals surface area contributed by atoms with Crippen molar-refractivity contribution in [3.05, 3.63) is 53.1 Å². The van der Waals surface area contributed by atoms with E-state index in [1.54, 1.807) is 17.2 Å². The molecule has 2 atom stereocenters. The summed E-state index contributed by atoms with van der Waals surface area (Å²) in [4.78, 5) is 22.6. The monoisotopic (exact) mass is 521 g/mol. The summed E-state index contributed by atoms with van der Waals surface area (Å²) in [5, 5.41) is 8.05. The van der Waals surface area contributed by atoms with E-state index in [2.05, 4.69) is 25.1 Å². The van der Waals surface area contributed by atoms with Gasteiger partial charge < -0.3 is 20.7 Å². The van der Waals surface area contributed by atoms with E-state index in [0.29, 0.717) is 35.9 Å². The molecule has 2 unspecified atom stereocenters. The molecule has 5 heterocycles. The first-order chi connectivity index (χ1) is 17.0. The molecule has 0 saturated carbocycles. The first-order valence-electron chi connectivity index (χ1n) is 11.3. The van der Waals surface area contributed by atoms with Crippen LogP contribution in [0.25, 0.3) is 11.3 Å². The van der Waals surface area contributed by atoms with Crippen LogP contribution in [0.4, 0.5) is 23.8 Å². The summed E-state index contributed by atoms with van der Waals surface area (Å²) in [7, 11) is 0. The smallest absolute Gasteiger partial charge is 0.402 e. The number of nitrogen functional groups attached to an aromatic ring is 1. The second-order valence-electron chi connectivity index (χ2n) is 9.06. The van der Waals surface area contributed by atoms with Crippen LogP contribution in [0, 0.1) is 0 Å². The van der Waals surface area contributed by atoms with Crippen LogP contribution in [0.15, 0.2) is 36.8 Å². The maximum absolute atomic E-state index is 13.0. The summed E-state index contributed by atoms with van der Waals surface area (Å²) >= 11 is 6.21. The van der Waals surface area contributed by atoms with Crippen molar-refractivity contribution in [2.24, 2.45) is 0 Å². The third-order valence-corrected chi connectivity index (χ3v) is 7.10. The van der Waals surface area contributed by atoms with Gasteiger partial charge in [-0.3, -0.25) is 9.67 Å². The molecule has 190 valence electrons. The number of fused-ring (bicyclic) bond motifs is 2. The van der Waals surface area contributed by atoms with Gasteiger partial charge in [-0.2, -0.15) is 5.10 Å². The SMILES string of the molecule is CC(NC(=O)N1CCC2(CCn3nc(-c4cnc(N)c(OC(F)(F)F)c4)cc32)C1)c1ccncc1Cl. The lowest BCUT2D eigenvalue weighted by Crippen LogP contribution is -2.41. The van der Waals surface area contributed by atoms with Gasteiger partial charge in [-0.1, -0.05) is 11.6 Å². The number of nitrogens with two attached hydrogens (primary N) is 1. The van der Waals surface area contributed by atoms with E-state index < -0.39 is 12.1 Å². The van der Waals surface area contributed by atoms with Gasteiger partial charge in [0.2, 0.25) is 0 Å². The predicted octanol–water partition coefficient (Wildman–Crippen LogP) is 4.29. The molecule has 3 aromatic heterocycles. The number of likely N-dealkylation sites (tertiary alicyclic amines) is 1. The Morgan fingerprint density at radius 1 is 1.28 bits per heavy atom. The Bertz CT molecular complexity index is 1320. The number of ether oxygens (including phenoxy) is 1. The fourth-order valence-electron chi connectivity index (χ4n) is 4.96. The minimum atomic E-state index is -4.89. The number of amides is 2. The van der Waals surface area contributed by atoms with E-state index in [1.165, 1.54) is 18.5 Å². The highest BCUT2D eigenvalue weighted by atomic mass is 35.5. The van der Waals surface area contributed by atoms with Crippen LogP contribution in [-0.2, 0) is 12.0 Å². The Hall–Kier alpha value is -3.54. The van der Waals surface area contributed by atoms with Crippen LogP contribution < -0.4 is 15.8 Å². The molecule has 0 radical (unpaired) electrons. The Balaban J connectivity index is 1.32. The average molecular weight is 522 g/mol. The Labute approximate surface area is 209 Å². The number of anilines is 1. The van der Waals surface area contributed by atoms with Crippen molar-refractivity contribution in [3.63, 3.8) is 0 Å². The van der Waals surface area contributed by atoms with Crippen molar-refractivity contribution in [2.45, 2.75) is 44.1 Å². The van der Waals surface area contributed by atoms with E-state index in [-0.39, 0.29) is 23.3 Å². The van der Waals surface area contributed by atoms with Crippen molar-refractivity contribution in [3.8, 4) is 17.0 Å². The second-order valence-corrected chi connectivity index (χ2v) is 9.47. The number of hydrogen-bond acceptors (Lipinski definition) is 6. The minimum absolute atomic E-state index is 0.192. The lowest BCUT2D eigenvalue weighted by atomic mass is 9.82. The highest BCUT2D eigenvalue weighted by Gasteiger charge is 2.47. The molecule has 2 amide bonds. The van der Waals surface area contributed by atoms with Crippen molar-refractivity contribution < 1.29 is 22.7 Å². The molecule has 9 nitrogen and oxygen atoms in total. The van der Waals surface area contributed by atoms with Gasteiger partial charge in [0.1, 0.15) is 0 Å². The quantitative estimate of drug-likeness (QED) is 0.530. The van der Waals surface area contributed by atoms with Crippen molar-refractivity contribution >= 4 is 23.4 Å². The van der Waals surface area contributed by atoms with E-state index in [9.17, 15) is 18.0 Å². The third-order valence-electron chi connectivity index (χ3n) is 6.78. The van der Waals surface area contributed by atoms with E-state index in [1.807, 2.05) is 17.7 Å². The minimum Gasteiger partial charge on any atom is -0.402 e. The van der Waals surface area contributed by atoms with Gasteiger partial charge in [-0.25, -0.2) is 9.78 Å². The second kappa shape index (κ2) is 8.84. The van der Waals surface area contributed by atoms with Gasteiger partial charge in [-0.05, 0) is 43.5 Å². The molecule has 0 aliphatic carbocycles. The normalized spacial score (nSPS) is 20.0. The van der Waals surface area contributed by atoms with Crippen LogP contribution in [0.5, 0.6) is 5.75 Å². The number of pyridine rings is 2. The highest BCUT2D eigenvalue weighted by molar-refractivity contribution is 6.31. The molecular formula is C23H23ClF3N7O2. The average Bonchev–Trinajstić information content (AvgIpc) is 3.51. The number of aryl methyl sites for hydroxylation is 1. The number of hydrogen-bond donors (Lipinski definition) is 2. The van der Waals surface area contributed by atoms with Crippen molar-refractivity contribution in [1.82, 2.24) is 30.0 Å². The van der Waals surface area contributed by atoms with Gasteiger partial charge in [0.25, 0.3) is 0 Å². The van der Waals surface area contributed by atoms with Crippen LogP contribution in [0.2, 0.25) is 5.02 Å². The number of rotatable bonds is 4. The molecule has 13 heteroatoms. The standard InChI is InChI=1S/C23H23ClF3N7O2/c1-13(15-2-5-29-11-16(15)24)31-21(35)33-6-3-22(12-33)4-7-34-19(22)9-17(32-34)14-8-18(20(28)30-10-14)36-23(25,26)27/h2,5,8-11,13H,3-4,6-7,12H2,1H3,(H2,28,30)(H,31,35). The topological polar surface area (TPSA) is 111 Å². The predicted molar refractivity (Wildman–Crippen MR) is 125 cm³/mol. The van der Waals surface area contributed by atoms with Crippen molar-refractivity contribution in [2.75, 3.05) is 18.8 Å². The van der Waals surface area contributed by atoms with Gasteiger partial charge in [0, 0.05) is 54.9 Å². The maximum Gasteiger partial charge on any atom is 0.573 e. The fraction of sp³-hybridized carbons (Fsp3) is 0.391. The van der Waals surface area contributed by atoms with Gasteiger partial charge in [0.05, 0.1) is 16.8 Å². The zero-order chi connectivity index (χ0) is 25.7. The molecule has 5 rings (SSSR count). The molecule has 2 aliphatic rings. The number of halogens is 4. The molecule has 0 bridgehead atoms. The Morgan fingerprint density at radius 2 is 2.06 bits per heavy atom. The van der Waals surface area contributed by atoms with Crippen LogP contribution in [-0.4, -0.2) is 50.1 Å². The number of alkyl halides is 3. The molecule has 2 aliphatic heterocycles. The van der Waals surface area contributed by atoms with Crippen LogP contribution >= 0.6 is 11.6 Å². The summed E-state index contributed by atoms with van der Waals surface area (Å²) in [6.07, 6.45) is 1.20. The lowest BCUT2D eigenvalue weighted by molar-refractivity contribution is -0.274. The number of urea groups is 1. The molecule has 0 aromatic carbocycles. The fourth-order valence-corrected chi connectivity index (χ4v) is 5.24. The summed E-state index contributed by atoms with van der Waals surface area (Å²) in [6.45, 7) is 3.57. The van der Waals surface area contributed by atoms with E-state index in [0.717, 1.165) is 24.1 Å². The Morgan fingerprint density at radius 3 is 2.81 bits per heavy atom. The number of nitrogens with one attached hydrogen (secondary N) is 1. The molecule has 1 fully saturated rings. The zero-order valence-electron chi connectivity index (χ0n) is 19.2. The molecule has 1 saturated heterocycles.